The van der Waals surface area contributed by atoms with Crippen molar-refractivity contribution >= 4 is 6.34 Å². The van der Waals surface area contributed by atoms with Crippen molar-refractivity contribution in [1.29, 1.82) is 0 Å². The second kappa shape index (κ2) is 5.94. The molecule has 2 N–H and O–H groups in total. The van der Waals surface area contributed by atoms with Crippen LogP contribution in [0.5, 0.6) is 0 Å². The molecule has 0 radical (unpaired) electrons. The maximum absolute atomic E-state index is 14.6. The zero-order valence-corrected chi connectivity index (χ0v) is 15.0. The summed E-state index contributed by atoms with van der Waals surface area (Å²) in [6, 6.07) is 0. The molecule has 1 fully saturated rings. The van der Waals surface area contributed by atoms with Crippen LogP contribution in [0.3, 0.4) is 0 Å². The van der Waals surface area contributed by atoms with Gasteiger partial charge in [0.2, 0.25) is 6.54 Å². The van der Waals surface area contributed by atoms with E-state index in [1.165, 1.54) is 0 Å². The van der Waals surface area contributed by atoms with E-state index in [-0.39, 0.29) is 24.9 Å². The third-order valence-electron chi connectivity index (χ3n) is 6.53. The molecule has 0 aromatic heterocycles. The molecule has 142 valence electrons. The quantitative estimate of drug-likeness (QED) is 0.576. The van der Waals surface area contributed by atoms with Gasteiger partial charge in [-0.25, -0.2) is 0 Å². The number of aliphatic hydroxyl groups excluding tert-OH is 1. The SMILES string of the molecule is O=[N+]1C=C(F)C2=C(C1)C13N=CNC1(C=CCC3OC1CCC(O)CC1)C=C2. The molecule has 2 heterocycles. The topological polar surface area (TPSA) is 73.9 Å². The third kappa shape index (κ3) is 2.34. The number of halogens is 1. The molecule has 6 nitrogen and oxygen atoms in total. The number of nitroso groups, excluding NO2 is 1. The first-order valence-corrected chi connectivity index (χ1v) is 9.61. The van der Waals surface area contributed by atoms with Gasteiger partial charge in [-0.15, -0.1) is 0 Å². The van der Waals surface area contributed by atoms with Gasteiger partial charge in [0.1, 0.15) is 11.1 Å². The summed E-state index contributed by atoms with van der Waals surface area (Å²) in [4.78, 5) is 16.9. The first-order valence-electron chi connectivity index (χ1n) is 9.61. The van der Waals surface area contributed by atoms with E-state index in [9.17, 15) is 14.4 Å². The molecule has 3 aliphatic carbocycles. The Bertz CT molecular complexity index is 837. The molecule has 1 saturated carbocycles. The molecule has 2 aliphatic heterocycles. The Hall–Kier alpha value is -2.12. The summed E-state index contributed by atoms with van der Waals surface area (Å²) in [5, 5.41) is 13.1. The highest BCUT2D eigenvalue weighted by Gasteiger charge is 2.64. The highest BCUT2D eigenvalue weighted by molar-refractivity contribution is 5.72. The van der Waals surface area contributed by atoms with E-state index in [2.05, 4.69) is 17.5 Å². The molecule has 0 spiro atoms. The van der Waals surface area contributed by atoms with E-state index in [0.717, 1.165) is 31.9 Å². The van der Waals surface area contributed by atoms with Crippen LogP contribution in [0.15, 0.2) is 52.5 Å². The maximum atomic E-state index is 14.6. The van der Waals surface area contributed by atoms with Crippen molar-refractivity contribution in [3.63, 3.8) is 0 Å². The van der Waals surface area contributed by atoms with E-state index in [4.69, 9.17) is 9.73 Å². The van der Waals surface area contributed by atoms with Crippen LogP contribution in [0.25, 0.3) is 0 Å². The molecular weight excluding hydrogens is 349 g/mol. The fraction of sp³-hybridized carbons (Fsp3) is 0.550. The van der Waals surface area contributed by atoms with Gasteiger partial charge in [0.15, 0.2) is 5.83 Å². The van der Waals surface area contributed by atoms with Crippen molar-refractivity contribution in [2.24, 2.45) is 4.99 Å². The lowest BCUT2D eigenvalue weighted by atomic mass is 9.61. The van der Waals surface area contributed by atoms with Gasteiger partial charge in [-0.05, 0) is 32.1 Å². The van der Waals surface area contributed by atoms with Crippen LogP contribution in [-0.4, -0.2) is 52.1 Å². The van der Waals surface area contributed by atoms with E-state index >= 15 is 0 Å². The van der Waals surface area contributed by atoms with Crippen LogP contribution in [0, 0.1) is 4.91 Å². The summed E-state index contributed by atoms with van der Waals surface area (Å²) in [5.74, 6) is -0.526. The van der Waals surface area contributed by atoms with Gasteiger partial charge in [0.05, 0.1) is 24.7 Å². The van der Waals surface area contributed by atoms with Crippen LogP contribution in [0.2, 0.25) is 0 Å². The lowest BCUT2D eigenvalue weighted by Crippen LogP contribution is -2.66. The van der Waals surface area contributed by atoms with Gasteiger partial charge in [-0.3, -0.25) is 4.99 Å². The fourth-order valence-electron chi connectivity index (χ4n) is 5.20. The predicted molar refractivity (Wildman–Crippen MR) is 97.8 cm³/mol. The lowest BCUT2D eigenvalue weighted by Gasteiger charge is -2.51. The zero-order chi connectivity index (χ0) is 18.6. The number of aliphatic imine (C=N–C) groups is 1. The summed E-state index contributed by atoms with van der Waals surface area (Å²) < 4.78 is 21.7. The van der Waals surface area contributed by atoms with Crippen molar-refractivity contribution in [2.45, 2.75) is 61.5 Å². The minimum atomic E-state index is -0.865. The van der Waals surface area contributed by atoms with Crippen molar-refractivity contribution in [2.75, 3.05) is 6.54 Å². The van der Waals surface area contributed by atoms with Crippen LogP contribution in [0.1, 0.15) is 32.1 Å². The van der Waals surface area contributed by atoms with Crippen LogP contribution in [0.4, 0.5) is 4.39 Å². The molecule has 0 aromatic rings. The fourth-order valence-corrected chi connectivity index (χ4v) is 5.20. The van der Waals surface area contributed by atoms with Crippen molar-refractivity contribution < 1.29 is 19.0 Å². The van der Waals surface area contributed by atoms with E-state index in [0.29, 0.717) is 22.3 Å². The monoisotopic (exact) mass is 372 g/mol. The number of hydrogen-bond acceptors (Lipinski definition) is 5. The predicted octanol–water partition coefficient (Wildman–Crippen LogP) is 2.21. The summed E-state index contributed by atoms with van der Waals surface area (Å²) in [7, 11) is 0. The molecule has 0 saturated heterocycles. The molecule has 3 atom stereocenters. The number of rotatable bonds is 2. The highest BCUT2D eigenvalue weighted by Crippen LogP contribution is 2.52. The van der Waals surface area contributed by atoms with Crippen LogP contribution in [-0.2, 0) is 4.74 Å². The Morgan fingerprint density at radius 1 is 1.30 bits per heavy atom. The smallest absolute Gasteiger partial charge is 0.257 e. The zero-order valence-electron chi connectivity index (χ0n) is 15.0. The number of allylic oxidation sites excluding steroid dienone is 3. The molecule has 3 unspecified atom stereocenters. The summed E-state index contributed by atoms with van der Waals surface area (Å²) in [5.41, 5.74) is -0.384. The van der Waals surface area contributed by atoms with Crippen molar-refractivity contribution in [3.05, 3.63) is 52.4 Å². The maximum Gasteiger partial charge on any atom is 0.257 e. The third-order valence-corrected chi connectivity index (χ3v) is 6.53. The molecule has 0 amide bonds. The van der Waals surface area contributed by atoms with Gasteiger partial charge in [-0.1, -0.05) is 24.3 Å². The van der Waals surface area contributed by atoms with Crippen molar-refractivity contribution in [1.82, 2.24) is 5.32 Å². The summed E-state index contributed by atoms with van der Waals surface area (Å²) in [6.07, 6.45) is 13.6. The Balaban J connectivity index is 1.57. The van der Waals surface area contributed by atoms with Crippen LogP contribution >= 0.6 is 0 Å². The van der Waals surface area contributed by atoms with E-state index in [1.54, 1.807) is 12.4 Å². The van der Waals surface area contributed by atoms with E-state index in [1.807, 2.05) is 6.08 Å². The first-order chi connectivity index (χ1) is 13.0. The first kappa shape index (κ1) is 17.0. The summed E-state index contributed by atoms with van der Waals surface area (Å²) >= 11 is 0. The molecular formula is C20H23FN3O3+. The van der Waals surface area contributed by atoms with E-state index < -0.39 is 16.9 Å². The average molecular weight is 372 g/mol. The van der Waals surface area contributed by atoms with Crippen LogP contribution < -0.4 is 5.32 Å². The van der Waals surface area contributed by atoms with Gasteiger partial charge in [-0.2, -0.15) is 4.39 Å². The number of hydrogen-bond donors (Lipinski definition) is 2. The van der Waals surface area contributed by atoms with Gasteiger partial charge < -0.3 is 15.2 Å². The minimum Gasteiger partial charge on any atom is -0.393 e. The number of nitrogens with zero attached hydrogens (tertiary/aromatic N) is 2. The number of aliphatic hydroxyl groups is 1. The van der Waals surface area contributed by atoms with Crippen molar-refractivity contribution in [3.8, 4) is 0 Å². The Kier molecular flexibility index (Phi) is 3.74. The van der Waals surface area contributed by atoms with Gasteiger partial charge >= 0.3 is 0 Å². The second-order valence-electron chi connectivity index (χ2n) is 8.01. The average Bonchev–Trinajstić information content (AvgIpc) is 3.05. The largest absolute Gasteiger partial charge is 0.393 e. The Morgan fingerprint density at radius 2 is 2.11 bits per heavy atom. The Labute approximate surface area is 156 Å². The van der Waals surface area contributed by atoms with Gasteiger partial charge in [0, 0.05) is 20.8 Å². The Morgan fingerprint density at radius 3 is 2.93 bits per heavy atom. The molecule has 7 heteroatoms. The lowest BCUT2D eigenvalue weighted by molar-refractivity contribution is -0.475. The number of ether oxygens (including phenoxy) is 1. The number of nitrogens with one attached hydrogen (secondary N) is 1. The minimum absolute atomic E-state index is 0.0371. The normalized spacial score (nSPS) is 42.4. The summed E-state index contributed by atoms with van der Waals surface area (Å²) in [6.45, 7) is 0.0743. The molecule has 5 rings (SSSR count). The second-order valence-corrected chi connectivity index (χ2v) is 8.01. The highest BCUT2D eigenvalue weighted by atomic mass is 19.1. The standard InChI is InChI=1S/C20H23FN3O3/c21-17-11-24(26)10-16-15(17)7-9-19-8-1-2-18(20(16,19)23-12-22-19)27-14-5-3-13(25)4-6-14/h1,7-9,11-14,18,25H,2-6,10H2,(H,22,23)/q+1. The molecule has 0 aromatic carbocycles. The van der Waals surface area contributed by atoms with Gasteiger partial charge in [0.25, 0.3) is 6.20 Å². The molecule has 5 aliphatic rings. The molecule has 0 bridgehead atoms. The molecule has 27 heavy (non-hydrogen) atoms.